The van der Waals surface area contributed by atoms with Crippen LogP contribution in [0.1, 0.15) is 49.5 Å². The zero-order valence-electron chi connectivity index (χ0n) is 14.0. The van der Waals surface area contributed by atoms with E-state index in [-0.39, 0.29) is 5.91 Å². The van der Waals surface area contributed by atoms with Crippen molar-refractivity contribution in [1.29, 1.82) is 0 Å². The van der Waals surface area contributed by atoms with Crippen molar-refractivity contribution in [3.05, 3.63) is 35.9 Å². The molecular weight excluding hydrogens is 308 g/mol. The molecule has 1 aromatic carbocycles. The minimum absolute atomic E-state index is 0.0361. The van der Waals surface area contributed by atoms with E-state index < -0.39 is 5.38 Å². The number of carbonyl (C=O) groups is 1. The Morgan fingerprint density at radius 3 is 2.48 bits per heavy atom. The molecule has 1 saturated heterocycles. The lowest BCUT2D eigenvalue weighted by molar-refractivity contribution is -0.133. The number of carbonyl (C=O) groups excluding carboxylic acids is 1. The number of rotatable bonds is 4. The fourth-order valence-electron chi connectivity index (χ4n) is 4.15. The van der Waals surface area contributed by atoms with Crippen molar-refractivity contribution in [3.8, 4) is 0 Å². The predicted molar refractivity (Wildman–Crippen MR) is 94.7 cm³/mol. The van der Waals surface area contributed by atoms with Crippen LogP contribution in [0.15, 0.2) is 30.3 Å². The molecule has 1 aliphatic heterocycles. The molecule has 3 unspecified atom stereocenters. The first-order valence-corrected chi connectivity index (χ1v) is 9.32. The van der Waals surface area contributed by atoms with Gasteiger partial charge in [-0.2, -0.15) is 0 Å². The zero-order valence-corrected chi connectivity index (χ0v) is 14.7. The van der Waals surface area contributed by atoms with Crippen molar-refractivity contribution in [2.75, 3.05) is 20.1 Å². The standard InChI is InChI=1S/C19H27ClN2O/c1-21(19(23)18(20)15-9-3-2-4-10-15)16-11-5-6-12-17(16)22-13-7-8-14-22/h2-4,9-10,16-18H,5-8,11-14H2,1H3. The molecule has 3 atom stereocenters. The zero-order chi connectivity index (χ0) is 16.2. The molecule has 4 heteroatoms. The number of likely N-dealkylation sites (tertiary alicyclic amines) is 1. The van der Waals surface area contributed by atoms with Gasteiger partial charge in [-0.3, -0.25) is 9.69 Å². The van der Waals surface area contributed by atoms with Crippen LogP contribution in [-0.2, 0) is 4.79 Å². The Kier molecular flexibility index (Phi) is 5.60. The Balaban J connectivity index is 1.71. The van der Waals surface area contributed by atoms with Gasteiger partial charge in [0.05, 0.1) is 0 Å². The molecule has 3 rings (SSSR count). The Hall–Kier alpha value is -1.06. The van der Waals surface area contributed by atoms with E-state index in [9.17, 15) is 4.79 Å². The van der Waals surface area contributed by atoms with E-state index in [0.717, 1.165) is 12.0 Å². The van der Waals surface area contributed by atoms with E-state index >= 15 is 0 Å². The van der Waals surface area contributed by atoms with Gasteiger partial charge in [0.1, 0.15) is 5.38 Å². The van der Waals surface area contributed by atoms with E-state index in [1.807, 2.05) is 42.3 Å². The summed E-state index contributed by atoms with van der Waals surface area (Å²) in [5, 5.41) is -0.581. The number of nitrogens with zero attached hydrogens (tertiary/aromatic N) is 2. The second-order valence-corrected chi connectivity index (χ2v) is 7.32. The quantitative estimate of drug-likeness (QED) is 0.781. The van der Waals surface area contributed by atoms with E-state index in [4.69, 9.17) is 11.6 Å². The maximum Gasteiger partial charge on any atom is 0.245 e. The molecule has 0 aromatic heterocycles. The van der Waals surface area contributed by atoms with Gasteiger partial charge in [0.2, 0.25) is 5.91 Å². The number of likely N-dealkylation sites (N-methyl/N-ethyl adjacent to an activating group) is 1. The summed E-state index contributed by atoms with van der Waals surface area (Å²) in [6.07, 6.45) is 7.39. The lowest BCUT2D eigenvalue weighted by atomic mass is 9.88. The Bertz CT molecular complexity index is 515. The van der Waals surface area contributed by atoms with Crippen LogP contribution < -0.4 is 0 Å². The number of halogens is 1. The average Bonchev–Trinajstić information content (AvgIpc) is 3.15. The lowest BCUT2D eigenvalue weighted by Gasteiger charge is -2.43. The summed E-state index contributed by atoms with van der Waals surface area (Å²) in [5.74, 6) is 0.0361. The van der Waals surface area contributed by atoms with Gasteiger partial charge in [0.15, 0.2) is 0 Å². The second-order valence-electron chi connectivity index (χ2n) is 6.88. The molecule has 0 N–H and O–H groups in total. The van der Waals surface area contributed by atoms with Crippen molar-refractivity contribution in [1.82, 2.24) is 9.80 Å². The SMILES string of the molecule is CN(C(=O)C(Cl)c1ccccc1)C1CCCCC1N1CCCC1. The molecular formula is C19H27ClN2O. The van der Waals surface area contributed by atoms with Gasteiger partial charge in [-0.25, -0.2) is 0 Å². The third-order valence-electron chi connectivity index (χ3n) is 5.46. The Morgan fingerprint density at radius 2 is 1.78 bits per heavy atom. The van der Waals surface area contributed by atoms with Crippen LogP contribution in [0.3, 0.4) is 0 Å². The summed E-state index contributed by atoms with van der Waals surface area (Å²) in [6, 6.07) is 10.5. The van der Waals surface area contributed by atoms with E-state index in [2.05, 4.69) is 4.90 Å². The monoisotopic (exact) mass is 334 g/mol. The number of hydrogen-bond acceptors (Lipinski definition) is 2. The molecule has 1 heterocycles. The normalized spacial score (nSPS) is 26.9. The maximum absolute atomic E-state index is 12.9. The molecule has 2 fully saturated rings. The summed E-state index contributed by atoms with van der Waals surface area (Å²) in [7, 11) is 1.94. The third-order valence-corrected chi connectivity index (χ3v) is 5.90. The molecule has 0 bridgehead atoms. The van der Waals surface area contributed by atoms with Crippen LogP contribution in [0, 0.1) is 0 Å². The highest BCUT2D eigenvalue weighted by molar-refractivity contribution is 6.30. The highest BCUT2D eigenvalue weighted by Gasteiger charge is 2.37. The number of benzene rings is 1. The second kappa shape index (κ2) is 7.67. The van der Waals surface area contributed by atoms with Crippen LogP contribution in [-0.4, -0.2) is 47.9 Å². The van der Waals surface area contributed by atoms with Crippen molar-refractivity contribution >= 4 is 17.5 Å². The van der Waals surface area contributed by atoms with Gasteiger partial charge in [-0.15, -0.1) is 11.6 Å². The van der Waals surface area contributed by atoms with Gasteiger partial charge in [0.25, 0.3) is 0 Å². The summed E-state index contributed by atoms with van der Waals surface area (Å²) >= 11 is 6.47. The Labute approximate surface area is 144 Å². The van der Waals surface area contributed by atoms with Gasteiger partial charge in [-0.05, 0) is 44.3 Å². The van der Waals surface area contributed by atoms with Crippen molar-refractivity contribution in [2.24, 2.45) is 0 Å². The molecule has 126 valence electrons. The molecule has 2 aliphatic rings. The number of hydrogen-bond donors (Lipinski definition) is 0. The fourth-order valence-corrected chi connectivity index (χ4v) is 4.45. The van der Waals surface area contributed by atoms with Crippen molar-refractivity contribution < 1.29 is 4.79 Å². The predicted octanol–water partition coefficient (Wildman–Crippen LogP) is 3.83. The van der Waals surface area contributed by atoms with E-state index in [0.29, 0.717) is 12.1 Å². The van der Waals surface area contributed by atoms with Gasteiger partial charge in [-0.1, -0.05) is 43.2 Å². The van der Waals surface area contributed by atoms with E-state index in [1.165, 1.54) is 45.2 Å². The van der Waals surface area contributed by atoms with Gasteiger partial charge in [0, 0.05) is 19.1 Å². The largest absolute Gasteiger partial charge is 0.340 e. The highest BCUT2D eigenvalue weighted by Crippen LogP contribution is 2.31. The smallest absolute Gasteiger partial charge is 0.245 e. The van der Waals surface area contributed by atoms with Gasteiger partial charge >= 0.3 is 0 Å². The van der Waals surface area contributed by atoms with Crippen LogP contribution in [0.25, 0.3) is 0 Å². The first-order chi connectivity index (χ1) is 11.2. The summed E-state index contributed by atoms with van der Waals surface area (Å²) in [5.41, 5.74) is 0.888. The minimum atomic E-state index is -0.581. The molecule has 1 amide bonds. The fraction of sp³-hybridized carbons (Fsp3) is 0.632. The number of amides is 1. The van der Waals surface area contributed by atoms with Gasteiger partial charge < -0.3 is 4.90 Å². The number of alkyl halides is 1. The molecule has 0 spiro atoms. The summed E-state index contributed by atoms with van der Waals surface area (Å²) in [4.78, 5) is 17.4. The first-order valence-electron chi connectivity index (χ1n) is 8.88. The molecule has 1 aliphatic carbocycles. The Morgan fingerprint density at radius 1 is 1.13 bits per heavy atom. The lowest BCUT2D eigenvalue weighted by Crippen LogP contribution is -2.53. The van der Waals surface area contributed by atoms with Crippen LogP contribution >= 0.6 is 11.6 Å². The minimum Gasteiger partial charge on any atom is -0.340 e. The van der Waals surface area contributed by atoms with Crippen LogP contribution in [0.5, 0.6) is 0 Å². The van der Waals surface area contributed by atoms with Crippen LogP contribution in [0.2, 0.25) is 0 Å². The average molecular weight is 335 g/mol. The topological polar surface area (TPSA) is 23.6 Å². The summed E-state index contributed by atoms with van der Waals surface area (Å²) in [6.45, 7) is 2.37. The van der Waals surface area contributed by atoms with Crippen LogP contribution in [0.4, 0.5) is 0 Å². The maximum atomic E-state index is 12.9. The summed E-state index contributed by atoms with van der Waals surface area (Å²) < 4.78 is 0. The molecule has 1 aromatic rings. The first kappa shape index (κ1) is 16.8. The molecule has 1 saturated carbocycles. The van der Waals surface area contributed by atoms with Crippen molar-refractivity contribution in [3.63, 3.8) is 0 Å². The molecule has 0 radical (unpaired) electrons. The van der Waals surface area contributed by atoms with E-state index in [1.54, 1.807) is 0 Å². The third kappa shape index (κ3) is 3.72. The molecule has 3 nitrogen and oxygen atoms in total. The highest BCUT2D eigenvalue weighted by atomic mass is 35.5. The molecule has 23 heavy (non-hydrogen) atoms. The van der Waals surface area contributed by atoms with Crippen molar-refractivity contribution in [2.45, 2.75) is 56.0 Å².